The van der Waals surface area contributed by atoms with Gasteiger partial charge in [0.1, 0.15) is 23.7 Å². The fourth-order valence-corrected chi connectivity index (χ4v) is 12.6. The van der Waals surface area contributed by atoms with E-state index in [-0.39, 0.29) is 83.1 Å². The van der Waals surface area contributed by atoms with Crippen molar-refractivity contribution in [3.05, 3.63) is 72.6 Å². The Labute approximate surface area is 398 Å². The Kier molecular flexibility index (Phi) is 11.9. The molecule has 68 heavy (non-hydrogen) atoms. The molecule has 6 aliphatic rings. The number of alkyl carbamates (subject to hydrolysis) is 2. The van der Waals surface area contributed by atoms with Crippen LogP contribution in [-0.4, -0.2) is 117 Å². The highest BCUT2D eigenvalue weighted by molar-refractivity contribution is 5.88. The summed E-state index contributed by atoms with van der Waals surface area (Å²) >= 11 is 0. The van der Waals surface area contributed by atoms with Gasteiger partial charge in [0.25, 0.3) is 0 Å². The third-order valence-electron chi connectivity index (χ3n) is 16.2. The highest BCUT2D eigenvalue weighted by Gasteiger charge is 2.66. The number of nitrogens with zero attached hydrogens (tertiary/aromatic N) is 4. The van der Waals surface area contributed by atoms with E-state index in [0.717, 1.165) is 71.0 Å². The number of piperidine rings is 2. The smallest absolute Gasteiger partial charge is 0.407 e. The fourth-order valence-electron chi connectivity index (χ4n) is 12.6. The summed E-state index contributed by atoms with van der Waals surface area (Å²) in [5.74, 6) is 1.14. The lowest BCUT2D eigenvalue weighted by Gasteiger charge is -2.38. The number of carbonyl (C=O) groups excluding carboxylic acids is 4. The SMILES string of the molecule is COC(=O)NC(C(=O)N1C(c2ncc(-c3ccc(-c4ccc(-c5cnc(C6CC7(C)CC7N6C(=O)C(NC(=O)OC)C6CC(C)OC(C)C6)[nH]5)cc4)cc3)[nH]2)CC2(C)CC12)C1CC(C)OC(C)C1. The van der Waals surface area contributed by atoms with E-state index in [4.69, 9.17) is 28.9 Å². The van der Waals surface area contributed by atoms with E-state index in [0.29, 0.717) is 25.7 Å². The maximum Gasteiger partial charge on any atom is 0.407 e. The lowest BCUT2D eigenvalue weighted by molar-refractivity contribution is -0.140. The zero-order chi connectivity index (χ0) is 47.8. The Morgan fingerprint density at radius 2 is 0.926 bits per heavy atom. The van der Waals surface area contributed by atoms with Gasteiger partial charge in [-0.2, -0.15) is 0 Å². The molecule has 362 valence electrons. The van der Waals surface area contributed by atoms with Gasteiger partial charge < -0.3 is 49.3 Å². The molecule has 12 atom stereocenters. The first-order valence-corrected chi connectivity index (χ1v) is 24.5. The summed E-state index contributed by atoms with van der Waals surface area (Å²) in [5.41, 5.74) is 5.81. The molecular formula is C52H66N8O8. The molecule has 16 heteroatoms. The molecule has 2 aliphatic carbocycles. The number of methoxy groups -OCH3 is 2. The number of rotatable bonds is 11. The summed E-state index contributed by atoms with van der Waals surface area (Å²) in [4.78, 5) is 75.2. The van der Waals surface area contributed by atoms with Gasteiger partial charge in [-0.25, -0.2) is 19.6 Å². The lowest BCUT2D eigenvalue weighted by atomic mass is 9.85. The molecule has 4 amide bonds. The molecule has 16 nitrogen and oxygen atoms in total. The van der Waals surface area contributed by atoms with Crippen molar-refractivity contribution in [3.63, 3.8) is 0 Å². The second-order valence-electron chi connectivity index (χ2n) is 21.4. The van der Waals surface area contributed by atoms with Crippen LogP contribution in [0.3, 0.4) is 0 Å². The van der Waals surface area contributed by atoms with E-state index >= 15 is 0 Å². The van der Waals surface area contributed by atoms with E-state index in [2.05, 4.69) is 83.0 Å². The summed E-state index contributed by atoms with van der Waals surface area (Å²) in [6.45, 7) is 12.5. The molecule has 4 saturated heterocycles. The Balaban J connectivity index is 0.821. The zero-order valence-electron chi connectivity index (χ0n) is 40.4. The monoisotopic (exact) mass is 931 g/mol. The van der Waals surface area contributed by atoms with Gasteiger partial charge in [0.2, 0.25) is 11.8 Å². The number of hydrogen-bond donors (Lipinski definition) is 4. The number of fused-ring (bicyclic) bond motifs is 2. The number of ether oxygens (including phenoxy) is 4. The van der Waals surface area contributed by atoms with E-state index in [1.54, 1.807) is 0 Å². The summed E-state index contributed by atoms with van der Waals surface area (Å²) in [5, 5.41) is 5.82. The molecule has 10 rings (SSSR count). The predicted molar refractivity (Wildman–Crippen MR) is 253 cm³/mol. The number of hydrogen-bond acceptors (Lipinski definition) is 10. The van der Waals surface area contributed by atoms with Crippen LogP contribution in [0.2, 0.25) is 0 Å². The van der Waals surface area contributed by atoms with Crippen LogP contribution >= 0.6 is 0 Å². The van der Waals surface area contributed by atoms with Gasteiger partial charge in [-0.1, -0.05) is 62.4 Å². The molecule has 4 N–H and O–H groups in total. The number of aromatic nitrogens is 4. The van der Waals surface area contributed by atoms with Crippen LogP contribution in [0.5, 0.6) is 0 Å². The minimum Gasteiger partial charge on any atom is -0.453 e. The quantitative estimate of drug-likeness (QED) is 0.114. The van der Waals surface area contributed by atoms with Crippen molar-refractivity contribution in [2.75, 3.05) is 14.2 Å². The van der Waals surface area contributed by atoms with Crippen molar-refractivity contribution in [2.45, 2.75) is 154 Å². The van der Waals surface area contributed by atoms with Crippen molar-refractivity contribution in [3.8, 4) is 33.6 Å². The molecule has 6 fully saturated rings. The first-order chi connectivity index (χ1) is 32.5. The third kappa shape index (κ3) is 8.67. The predicted octanol–water partition coefficient (Wildman–Crippen LogP) is 8.09. The largest absolute Gasteiger partial charge is 0.453 e. The second-order valence-corrected chi connectivity index (χ2v) is 21.4. The van der Waals surface area contributed by atoms with Crippen LogP contribution < -0.4 is 10.6 Å². The van der Waals surface area contributed by atoms with Crippen LogP contribution in [-0.2, 0) is 28.5 Å². The lowest BCUT2D eigenvalue weighted by Crippen LogP contribution is -2.55. The molecule has 4 aliphatic heterocycles. The first kappa shape index (κ1) is 46.0. The van der Waals surface area contributed by atoms with Crippen LogP contribution in [0.25, 0.3) is 33.6 Å². The van der Waals surface area contributed by atoms with Gasteiger partial charge >= 0.3 is 12.2 Å². The Hall–Kier alpha value is -5.74. The van der Waals surface area contributed by atoms with Crippen LogP contribution in [0.15, 0.2) is 60.9 Å². The van der Waals surface area contributed by atoms with Crippen LogP contribution in [0.1, 0.15) is 117 Å². The summed E-state index contributed by atoms with van der Waals surface area (Å²) in [7, 11) is 2.65. The van der Waals surface area contributed by atoms with Crippen LogP contribution in [0, 0.1) is 22.7 Å². The Morgan fingerprint density at radius 1 is 0.588 bits per heavy atom. The molecule has 2 aromatic heterocycles. The Bertz CT molecular complexity index is 2350. The maximum atomic E-state index is 14.6. The average Bonchev–Trinajstić information content (AvgIpc) is 3.74. The topological polar surface area (TPSA) is 193 Å². The molecule has 6 heterocycles. The fraction of sp³-hybridized carbons (Fsp3) is 0.577. The highest BCUT2D eigenvalue weighted by atomic mass is 16.5. The molecule has 2 saturated carbocycles. The summed E-state index contributed by atoms with van der Waals surface area (Å²) in [6.07, 6.45) is 8.50. The number of aromatic amines is 2. The number of H-pyrrole nitrogens is 2. The number of benzene rings is 2. The molecule has 4 aromatic rings. The molecule has 0 radical (unpaired) electrons. The van der Waals surface area contributed by atoms with Gasteiger partial charge in [-0.3, -0.25) is 9.59 Å². The molecular weight excluding hydrogens is 865 g/mol. The summed E-state index contributed by atoms with van der Waals surface area (Å²) < 4.78 is 22.0. The first-order valence-electron chi connectivity index (χ1n) is 24.5. The van der Waals surface area contributed by atoms with Gasteiger partial charge in [0.15, 0.2) is 0 Å². The standard InChI is InChI=1S/C52H66N8O8/c1-27-17-35(18-28(2)67-27)43(57-49(63)65-7)47(61)59-39(21-51(5)23-41(51)59)45-53-25-37(55-45)33-13-9-31(10-14-33)32-11-15-34(16-12-32)38-26-54-46(56-38)40-22-52(6)24-42(52)60(40)48(62)44(58-50(64)66-8)36-19-29(3)68-30(4)20-36/h9-16,25-30,35-36,39-44H,17-24H2,1-8H3,(H,53,55)(H,54,56)(H,57,63)(H,58,64). The van der Waals surface area contributed by atoms with Crippen molar-refractivity contribution in [1.82, 2.24) is 40.4 Å². The van der Waals surface area contributed by atoms with Crippen molar-refractivity contribution in [1.29, 1.82) is 0 Å². The van der Waals surface area contributed by atoms with Crippen molar-refractivity contribution >= 4 is 24.0 Å². The average molecular weight is 931 g/mol. The number of amides is 4. The van der Waals surface area contributed by atoms with Gasteiger partial charge in [-0.15, -0.1) is 0 Å². The van der Waals surface area contributed by atoms with Gasteiger partial charge in [-0.05, 0) is 124 Å². The second kappa shape index (κ2) is 17.7. The number of carbonyl (C=O) groups is 4. The molecule has 12 unspecified atom stereocenters. The Morgan fingerprint density at radius 3 is 1.26 bits per heavy atom. The van der Waals surface area contributed by atoms with E-state index < -0.39 is 24.3 Å². The molecule has 2 aromatic carbocycles. The summed E-state index contributed by atoms with van der Waals surface area (Å²) in [6, 6.07) is 14.9. The van der Waals surface area contributed by atoms with E-state index in [9.17, 15) is 19.2 Å². The van der Waals surface area contributed by atoms with Crippen molar-refractivity contribution in [2.24, 2.45) is 22.7 Å². The van der Waals surface area contributed by atoms with E-state index in [1.165, 1.54) is 14.2 Å². The third-order valence-corrected chi connectivity index (χ3v) is 16.2. The minimum atomic E-state index is -0.725. The number of likely N-dealkylation sites (tertiary alicyclic amines) is 2. The van der Waals surface area contributed by atoms with E-state index in [1.807, 2.05) is 49.9 Å². The van der Waals surface area contributed by atoms with Crippen molar-refractivity contribution < 1.29 is 38.1 Å². The molecule has 0 spiro atoms. The van der Waals surface area contributed by atoms with Gasteiger partial charge in [0, 0.05) is 12.1 Å². The number of imidazole rings is 2. The van der Waals surface area contributed by atoms with Crippen LogP contribution in [0.4, 0.5) is 9.59 Å². The molecule has 0 bridgehead atoms. The maximum absolute atomic E-state index is 14.6. The number of nitrogens with one attached hydrogen (secondary N) is 4. The van der Waals surface area contributed by atoms with Gasteiger partial charge in [0.05, 0.1) is 74.5 Å². The normalized spacial score (nSPS) is 33.5. The zero-order valence-corrected chi connectivity index (χ0v) is 40.4. The minimum absolute atomic E-state index is 0.00506. The highest BCUT2D eigenvalue weighted by Crippen LogP contribution is 2.64.